The Kier molecular flexibility index (Phi) is 4.50. The first-order valence-corrected chi connectivity index (χ1v) is 9.24. The third-order valence-corrected chi connectivity index (χ3v) is 6.27. The van der Waals surface area contributed by atoms with Gasteiger partial charge in [-0.25, -0.2) is 12.8 Å². The van der Waals surface area contributed by atoms with Crippen molar-refractivity contribution in [2.75, 3.05) is 0 Å². The van der Waals surface area contributed by atoms with E-state index in [9.17, 15) is 12.8 Å². The third kappa shape index (κ3) is 3.62. The van der Waals surface area contributed by atoms with Crippen molar-refractivity contribution in [1.82, 2.24) is 4.31 Å². The monoisotopic (exact) mass is 333 g/mol. The molecule has 0 aliphatic heterocycles. The summed E-state index contributed by atoms with van der Waals surface area (Å²) >= 11 is 0. The molecule has 122 valence electrons. The Hall–Kier alpha value is -1.72. The molecular weight excluding hydrogens is 313 g/mol. The van der Waals surface area contributed by atoms with E-state index in [4.69, 9.17) is 0 Å². The molecule has 1 aliphatic rings. The first-order chi connectivity index (χ1) is 11.0. The van der Waals surface area contributed by atoms with Gasteiger partial charge in [0.1, 0.15) is 5.82 Å². The Morgan fingerprint density at radius 2 is 1.83 bits per heavy atom. The van der Waals surface area contributed by atoms with Gasteiger partial charge in [-0.2, -0.15) is 4.31 Å². The van der Waals surface area contributed by atoms with Gasteiger partial charge in [0.2, 0.25) is 10.0 Å². The topological polar surface area (TPSA) is 37.4 Å². The number of nitrogens with zero attached hydrogens (tertiary/aromatic N) is 1. The van der Waals surface area contributed by atoms with E-state index in [-0.39, 0.29) is 10.9 Å². The van der Waals surface area contributed by atoms with E-state index in [0.717, 1.165) is 24.5 Å². The van der Waals surface area contributed by atoms with Crippen LogP contribution in [0.25, 0.3) is 0 Å². The molecular formula is C18H20FNO2S. The van der Waals surface area contributed by atoms with Gasteiger partial charge in [-0.1, -0.05) is 36.4 Å². The van der Waals surface area contributed by atoms with Crippen LogP contribution < -0.4 is 0 Å². The van der Waals surface area contributed by atoms with Crippen molar-refractivity contribution in [3.05, 3.63) is 66.0 Å². The van der Waals surface area contributed by atoms with Gasteiger partial charge in [0.15, 0.2) is 0 Å². The molecule has 0 aromatic heterocycles. The minimum atomic E-state index is -3.73. The summed E-state index contributed by atoms with van der Waals surface area (Å²) in [4.78, 5) is 0.0148. The SMILES string of the molecule is CC(C1CC1)N(Cc1ccccc1)S(=O)(=O)c1cccc(F)c1. The number of hydrogen-bond donors (Lipinski definition) is 0. The fourth-order valence-corrected chi connectivity index (χ4v) is 4.50. The average molecular weight is 333 g/mol. The lowest BCUT2D eigenvalue weighted by atomic mass is 10.2. The smallest absolute Gasteiger partial charge is 0.207 e. The molecule has 1 aliphatic carbocycles. The van der Waals surface area contributed by atoms with Crippen LogP contribution in [0.15, 0.2) is 59.5 Å². The number of sulfonamides is 1. The zero-order valence-corrected chi connectivity index (χ0v) is 13.8. The lowest BCUT2D eigenvalue weighted by molar-refractivity contribution is 0.303. The minimum absolute atomic E-state index is 0.0148. The van der Waals surface area contributed by atoms with Gasteiger partial charge in [0.25, 0.3) is 0 Å². The molecule has 0 bridgehead atoms. The Balaban J connectivity index is 1.96. The van der Waals surface area contributed by atoms with Crippen LogP contribution in [0, 0.1) is 11.7 Å². The Labute approximate surface area is 136 Å². The number of rotatable bonds is 6. The van der Waals surface area contributed by atoms with Crippen molar-refractivity contribution < 1.29 is 12.8 Å². The van der Waals surface area contributed by atoms with E-state index < -0.39 is 15.8 Å². The quantitative estimate of drug-likeness (QED) is 0.806. The minimum Gasteiger partial charge on any atom is -0.207 e. The highest BCUT2D eigenvalue weighted by Crippen LogP contribution is 2.37. The van der Waals surface area contributed by atoms with Gasteiger partial charge in [0, 0.05) is 12.6 Å². The van der Waals surface area contributed by atoms with E-state index in [1.165, 1.54) is 22.5 Å². The molecule has 1 fully saturated rings. The van der Waals surface area contributed by atoms with Crippen molar-refractivity contribution in [3.63, 3.8) is 0 Å². The number of hydrogen-bond acceptors (Lipinski definition) is 2. The van der Waals surface area contributed by atoms with Crippen molar-refractivity contribution in [3.8, 4) is 0 Å². The predicted octanol–water partition coefficient (Wildman–Crippen LogP) is 3.82. The summed E-state index contributed by atoms with van der Waals surface area (Å²) in [5, 5.41) is 0. The molecule has 0 heterocycles. The molecule has 0 amide bonds. The zero-order valence-electron chi connectivity index (χ0n) is 13.0. The molecule has 0 saturated heterocycles. The third-order valence-electron chi connectivity index (χ3n) is 4.34. The highest BCUT2D eigenvalue weighted by molar-refractivity contribution is 7.89. The normalized spacial score (nSPS) is 16.5. The van der Waals surface area contributed by atoms with Crippen molar-refractivity contribution in [2.45, 2.75) is 37.2 Å². The summed E-state index contributed by atoms with van der Waals surface area (Å²) < 4.78 is 41.0. The van der Waals surface area contributed by atoms with Crippen molar-refractivity contribution in [1.29, 1.82) is 0 Å². The summed E-state index contributed by atoms with van der Waals surface area (Å²) in [6.45, 7) is 2.24. The molecule has 1 saturated carbocycles. The Morgan fingerprint density at radius 1 is 1.13 bits per heavy atom. The lowest BCUT2D eigenvalue weighted by Crippen LogP contribution is -2.39. The first-order valence-electron chi connectivity index (χ1n) is 7.80. The average Bonchev–Trinajstić information content (AvgIpc) is 3.38. The van der Waals surface area contributed by atoms with Crippen LogP contribution in [0.1, 0.15) is 25.3 Å². The second-order valence-electron chi connectivity index (χ2n) is 6.07. The maximum Gasteiger partial charge on any atom is 0.243 e. The fourth-order valence-electron chi connectivity index (χ4n) is 2.79. The largest absolute Gasteiger partial charge is 0.243 e. The maximum atomic E-state index is 13.5. The van der Waals surface area contributed by atoms with Crippen LogP contribution in [0.3, 0.4) is 0 Å². The van der Waals surface area contributed by atoms with Crippen molar-refractivity contribution in [2.24, 2.45) is 5.92 Å². The van der Waals surface area contributed by atoms with Crippen LogP contribution in [-0.4, -0.2) is 18.8 Å². The Morgan fingerprint density at radius 3 is 2.43 bits per heavy atom. The van der Waals surface area contributed by atoms with Gasteiger partial charge in [-0.05, 0) is 49.4 Å². The summed E-state index contributed by atoms with van der Waals surface area (Å²) in [6, 6.07) is 14.6. The van der Waals surface area contributed by atoms with E-state index in [2.05, 4.69) is 0 Å². The molecule has 3 nitrogen and oxygen atoms in total. The van der Waals surface area contributed by atoms with Gasteiger partial charge in [-0.3, -0.25) is 0 Å². The lowest BCUT2D eigenvalue weighted by Gasteiger charge is -2.28. The molecule has 2 aromatic rings. The zero-order chi connectivity index (χ0) is 16.4. The van der Waals surface area contributed by atoms with Gasteiger partial charge >= 0.3 is 0 Å². The summed E-state index contributed by atoms with van der Waals surface area (Å²) in [6.07, 6.45) is 2.09. The highest BCUT2D eigenvalue weighted by atomic mass is 32.2. The van der Waals surface area contributed by atoms with Gasteiger partial charge < -0.3 is 0 Å². The molecule has 0 radical (unpaired) electrons. The van der Waals surface area contributed by atoms with Crippen LogP contribution in [0.5, 0.6) is 0 Å². The second-order valence-corrected chi connectivity index (χ2v) is 7.96. The Bertz CT molecular complexity index is 773. The summed E-state index contributed by atoms with van der Waals surface area (Å²) in [7, 11) is -3.73. The van der Waals surface area contributed by atoms with Crippen LogP contribution >= 0.6 is 0 Å². The molecule has 2 aromatic carbocycles. The molecule has 0 N–H and O–H groups in total. The van der Waals surface area contributed by atoms with Crippen molar-refractivity contribution >= 4 is 10.0 Å². The highest BCUT2D eigenvalue weighted by Gasteiger charge is 2.38. The summed E-state index contributed by atoms with van der Waals surface area (Å²) in [5.74, 6) is -0.146. The van der Waals surface area contributed by atoms with Gasteiger partial charge in [-0.15, -0.1) is 0 Å². The van der Waals surface area contributed by atoms with E-state index in [1.54, 1.807) is 0 Å². The molecule has 1 atom stereocenters. The van der Waals surface area contributed by atoms with E-state index in [1.807, 2.05) is 37.3 Å². The van der Waals surface area contributed by atoms with Crippen LogP contribution in [0.2, 0.25) is 0 Å². The maximum absolute atomic E-state index is 13.5. The number of benzene rings is 2. The first kappa shape index (κ1) is 16.1. The second kappa shape index (κ2) is 6.42. The van der Waals surface area contributed by atoms with Gasteiger partial charge in [0.05, 0.1) is 4.90 Å². The molecule has 1 unspecified atom stereocenters. The summed E-state index contributed by atoms with van der Waals surface area (Å²) in [5.41, 5.74) is 0.931. The molecule has 0 spiro atoms. The predicted molar refractivity (Wildman–Crippen MR) is 87.8 cm³/mol. The van der Waals surface area contributed by atoms with Crippen LogP contribution in [-0.2, 0) is 16.6 Å². The van der Waals surface area contributed by atoms with E-state index >= 15 is 0 Å². The molecule has 3 rings (SSSR count). The number of halogens is 1. The molecule has 5 heteroatoms. The fraction of sp³-hybridized carbons (Fsp3) is 0.333. The molecule has 23 heavy (non-hydrogen) atoms. The van der Waals surface area contributed by atoms with E-state index in [0.29, 0.717) is 12.5 Å². The van der Waals surface area contributed by atoms with Crippen LogP contribution in [0.4, 0.5) is 4.39 Å². The standard InChI is InChI=1S/C18H20FNO2S/c1-14(16-10-11-16)20(13-15-6-3-2-4-7-15)23(21,22)18-9-5-8-17(19)12-18/h2-9,12,14,16H,10-11,13H2,1H3.